The maximum absolute atomic E-state index is 12.5. The van der Waals surface area contributed by atoms with Crippen molar-refractivity contribution in [1.82, 2.24) is 5.32 Å². The first kappa shape index (κ1) is 15.2. The Bertz CT molecular complexity index is 551. The molecule has 1 aliphatic rings. The largest absolute Gasteiger partial charge is 0.496 e. The normalized spacial score (nSPS) is 16.4. The quantitative estimate of drug-likeness (QED) is 0.718. The highest BCUT2D eigenvalue weighted by Crippen LogP contribution is 2.33. The molecule has 6 nitrogen and oxygen atoms in total. The summed E-state index contributed by atoms with van der Waals surface area (Å²) in [5, 5.41) is 12.0. The first-order valence-electron chi connectivity index (χ1n) is 6.94. The molecule has 4 N–H and O–H groups in total. The summed E-state index contributed by atoms with van der Waals surface area (Å²) in [4.78, 5) is 23.5. The van der Waals surface area contributed by atoms with Crippen LogP contribution >= 0.6 is 0 Å². The summed E-state index contributed by atoms with van der Waals surface area (Å²) in [5.74, 6) is -0.840. The minimum absolute atomic E-state index is 0.0595. The molecule has 0 radical (unpaired) electrons. The summed E-state index contributed by atoms with van der Waals surface area (Å²) >= 11 is 0. The molecule has 1 aromatic carbocycles. The van der Waals surface area contributed by atoms with Crippen molar-refractivity contribution in [3.63, 3.8) is 0 Å². The molecular formula is C15H20N2O4. The number of carbonyl (C=O) groups excluding carboxylic acids is 1. The molecule has 0 bridgehead atoms. The summed E-state index contributed by atoms with van der Waals surface area (Å²) in [7, 11) is 1.47. The predicted molar refractivity (Wildman–Crippen MR) is 78.3 cm³/mol. The molecule has 2 rings (SSSR count). The lowest BCUT2D eigenvalue weighted by Gasteiger charge is -2.29. The molecule has 1 saturated carbocycles. The van der Waals surface area contributed by atoms with Crippen LogP contribution in [-0.4, -0.2) is 29.6 Å². The van der Waals surface area contributed by atoms with E-state index in [0.717, 1.165) is 12.8 Å². The summed E-state index contributed by atoms with van der Waals surface area (Å²) < 4.78 is 5.17. The number of hydrogen-bond acceptors (Lipinski definition) is 4. The van der Waals surface area contributed by atoms with Crippen LogP contribution in [0.15, 0.2) is 18.2 Å². The Morgan fingerprint density at radius 2 is 2.05 bits per heavy atom. The Morgan fingerprint density at radius 3 is 2.62 bits per heavy atom. The zero-order valence-corrected chi connectivity index (χ0v) is 12.0. The molecule has 1 fully saturated rings. The number of nitrogens with two attached hydrogens (primary N) is 1. The van der Waals surface area contributed by atoms with Crippen LogP contribution < -0.4 is 15.8 Å². The lowest BCUT2D eigenvalue weighted by atomic mass is 9.92. The smallest absolute Gasteiger partial charge is 0.305 e. The van der Waals surface area contributed by atoms with Crippen LogP contribution in [0, 0.1) is 0 Å². The minimum atomic E-state index is -0.901. The molecule has 0 heterocycles. The number of carbonyl (C=O) groups is 2. The summed E-state index contributed by atoms with van der Waals surface area (Å²) in [6, 6.07) is 4.79. The van der Waals surface area contributed by atoms with Gasteiger partial charge in [0.2, 0.25) is 0 Å². The molecule has 114 valence electrons. The van der Waals surface area contributed by atoms with E-state index in [2.05, 4.69) is 5.32 Å². The van der Waals surface area contributed by atoms with E-state index in [-0.39, 0.29) is 12.3 Å². The highest BCUT2D eigenvalue weighted by Gasteiger charge is 2.38. The third-order valence-corrected chi connectivity index (χ3v) is 3.90. The maximum Gasteiger partial charge on any atom is 0.305 e. The molecular weight excluding hydrogens is 272 g/mol. The van der Waals surface area contributed by atoms with E-state index in [0.29, 0.717) is 29.8 Å². The van der Waals surface area contributed by atoms with Gasteiger partial charge in [-0.1, -0.05) is 12.8 Å². The van der Waals surface area contributed by atoms with Crippen LogP contribution in [0.25, 0.3) is 0 Å². The number of hydrogen-bond donors (Lipinski definition) is 3. The minimum Gasteiger partial charge on any atom is -0.496 e. The Hall–Kier alpha value is -2.24. The van der Waals surface area contributed by atoms with Gasteiger partial charge in [-0.05, 0) is 25.0 Å². The van der Waals surface area contributed by atoms with Gasteiger partial charge in [-0.15, -0.1) is 0 Å². The SMILES string of the molecule is COc1cc(N)ccc1C(=O)NC1(CC(=O)O)CCCC1. The fourth-order valence-electron chi connectivity index (χ4n) is 2.89. The van der Waals surface area contributed by atoms with Gasteiger partial charge in [0, 0.05) is 11.8 Å². The van der Waals surface area contributed by atoms with Crippen LogP contribution in [0.3, 0.4) is 0 Å². The summed E-state index contributed by atoms with van der Waals surface area (Å²) in [6.07, 6.45) is 3.15. The molecule has 0 atom stereocenters. The number of ether oxygens (including phenoxy) is 1. The van der Waals surface area contributed by atoms with Gasteiger partial charge >= 0.3 is 5.97 Å². The van der Waals surface area contributed by atoms with Crippen molar-refractivity contribution in [1.29, 1.82) is 0 Å². The predicted octanol–water partition coefficient (Wildman–Crippen LogP) is 1.79. The Balaban J connectivity index is 2.21. The average Bonchev–Trinajstić information content (AvgIpc) is 2.85. The number of carboxylic acids is 1. The van der Waals surface area contributed by atoms with Crippen molar-refractivity contribution < 1.29 is 19.4 Å². The first-order chi connectivity index (χ1) is 9.96. The zero-order chi connectivity index (χ0) is 15.5. The lowest BCUT2D eigenvalue weighted by Crippen LogP contribution is -2.47. The molecule has 1 aromatic rings. The van der Waals surface area contributed by atoms with Crippen molar-refractivity contribution in [3.8, 4) is 5.75 Å². The van der Waals surface area contributed by atoms with E-state index < -0.39 is 11.5 Å². The lowest BCUT2D eigenvalue weighted by molar-refractivity contribution is -0.138. The summed E-state index contributed by atoms with van der Waals surface area (Å²) in [5.41, 5.74) is 5.88. The number of aliphatic carboxylic acids is 1. The second-order valence-electron chi connectivity index (χ2n) is 5.47. The van der Waals surface area contributed by atoms with Crippen LogP contribution in [0.1, 0.15) is 42.5 Å². The van der Waals surface area contributed by atoms with Crippen LogP contribution in [0.5, 0.6) is 5.75 Å². The van der Waals surface area contributed by atoms with Gasteiger partial charge in [0.15, 0.2) is 0 Å². The van der Waals surface area contributed by atoms with Gasteiger partial charge in [0.1, 0.15) is 5.75 Å². The summed E-state index contributed by atoms with van der Waals surface area (Å²) in [6.45, 7) is 0. The number of benzene rings is 1. The number of methoxy groups -OCH3 is 1. The monoisotopic (exact) mass is 292 g/mol. The molecule has 1 aliphatic carbocycles. The van der Waals surface area contributed by atoms with E-state index in [1.54, 1.807) is 18.2 Å². The zero-order valence-electron chi connectivity index (χ0n) is 12.0. The van der Waals surface area contributed by atoms with Crippen LogP contribution in [0.4, 0.5) is 5.69 Å². The van der Waals surface area contributed by atoms with E-state index in [1.165, 1.54) is 7.11 Å². The molecule has 0 aliphatic heterocycles. The van der Waals surface area contributed by atoms with Crippen LogP contribution in [-0.2, 0) is 4.79 Å². The molecule has 6 heteroatoms. The number of anilines is 1. The molecule has 0 spiro atoms. The van der Waals surface area contributed by atoms with Gasteiger partial charge in [-0.2, -0.15) is 0 Å². The second kappa shape index (κ2) is 6.03. The number of nitrogens with one attached hydrogen (secondary N) is 1. The van der Waals surface area contributed by atoms with Gasteiger partial charge in [0.05, 0.1) is 24.6 Å². The van der Waals surface area contributed by atoms with Crippen LogP contribution in [0.2, 0.25) is 0 Å². The number of carboxylic acid groups (broad SMARTS) is 1. The van der Waals surface area contributed by atoms with E-state index in [1.807, 2.05) is 0 Å². The Morgan fingerprint density at radius 1 is 1.38 bits per heavy atom. The van der Waals surface area contributed by atoms with Gasteiger partial charge in [-0.25, -0.2) is 0 Å². The van der Waals surface area contributed by atoms with Gasteiger partial charge in [-0.3, -0.25) is 9.59 Å². The van der Waals surface area contributed by atoms with Gasteiger partial charge in [0.25, 0.3) is 5.91 Å². The fourth-order valence-corrected chi connectivity index (χ4v) is 2.89. The topological polar surface area (TPSA) is 102 Å². The highest BCUT2D eigenvalue weighted by molar-refractivity contribution is 5.98. The van der Waals surface area contributed by atoms with Gasteiger partial charge < -0.3 is 20.9 Å². The molecule has 21 heavy (non-hydrogen) atoms. The Kier molecular flexibility index (Phi) is 4.35. The molecule has 0 unspecified atom stereocenters. The van der Waals surface area contributed by atoms with Crippen molar-refractivity contribution in [3.05, 3.63) is 23.8 Å². The van der Waals surface area contributed by atoms with Crippen molar-refractivity contribution in [2.45, 2.75) is 37.6 Å². The molecule has 1 amide bonds. The van der Waals surface area contributed by atoms with Crippen molar-refractivity contribution >= 4 is 17.6 Å². The van der Waals surface area contributed by atoms with Crippen molar-refractivity contribution in [2.24, 2.45) is 0 Å². The number of nitrogen functional groups attached to an aromatic ring is 1. The average molecular weight is 292 g/mol. The fraction of sp³-hybridized carbons (Fsp3) is 0.467. The van der Waals surface area contributed by atoms with E-state index in [9.17, 15) is 9.59 Å². The maximum atomic E-state index is 12.5. The molecule has 0 saturated heterocycles. The third kappa shape index (κ3) is 3.45. The standard InChI is InChI=1S/C15H20N2O4/c1-21-12-8-10(16)4-5-11(12)14(20)17-15(9-13(18)19)6-2-3-7-15/h4-5,8H,2-3,6-7,9,16H2,1H3,(H,17,20)(H,18,19). The van der Waals surface area contributed by atoms with Crippen molar-refractivity contribution in [2.75, 3.05) is 12.8 Å². The first-order valence-corrected chi connectivity index (χ1v) is 6.94. The Labute approximate surface area is 123 Å². The highest BCUT2D eigenvalue weighted by atomic mass is 16.5. The number of rotatable bonds is 5. The third-order valence-electron chi connectivity index (χ3n) is 3.90. The van der Waals surface area contributed by atoms with E-state index >= 15 is 0 Å². The second-order valence-corrected chi connectivity index (χ2v) is 5.47. The molecule has 0 aromatic heterocycles. The van der Waals surface area contributed by atoms with E-state index in [4.69, 9.17) is 15.6 Å². The number of amides is 1.